The van der Waals surface area contributed by atoms with Crippen LogP contribution in [0.4, 0.5) is 0 Å². The van der Waals surface area contributed by atoms with Gasteiger partial charge in [0.15, 0.2) is 5.43 Å². The first-order valence-corrected chi connectivity index (χ1v) is 3.02. The zero-order chi connectivity index (χ0) is 6.97. The maximum atomic E-state index is 10.8. The normalized spacial score (nSPS) is 10.4. The number of rotatable bonds is 0. The zero-order valence-corrected chi connectivity index (χ0v) is 5.24. The second-order valence-corrected chi connectivity index (χ2v) is 2.12. The third kappa shape index (κ3) is 0.639. The average molecular weight is 134 g/mol. The molecule has 2 heterocycles. The van der Waals surface area contributed by atoms with Crippen LogP contribution in [0.1, 0.15) is 0 Å². The van der Waals surface area contributed by atoms with Crippen LogP contribution in [0, 0.1) is 0 Å². The van der Waals surface area contributed by atoms with Crippen molar-refractivity contribution in [3.8, 4) is 0 Å². The number of nitrogens with one attached hydrogen (secondary N) is 1. The SMILES string of the molecule is O=c1ccn2[nH]ccc2c1. The molecular formula is C7H6N2O. The summed E-state index contributed by atoms with van der Waals surface area (Å²) in [6.45, 7) is 0. The van der Waals surface area contributed by atoms with Crippen LogP contribution in [0.5, 0.6) is 0 Å². The van der Waals surface area contributed by atoms with Gasteiger partial charge >= 0.3 is 0 Å². The van der Waals surface area contributed by atoms with E-state index in [0.717, 1.165) is 5.52 Å². The summed E-state index contributed by atoms with van der Waals surface area (Å²) in [7, 11) is 0. The van der Waals surface area contributed by atoms with Crippen LogP contribution >= 0.6 is 0 Å². The first-order valence-electron chi connectivity index (χ1n) is 3.02. The molecule has 0 aliphatic carbocycles. The van der Waals surface area contributed by atoms with E-state index < -0.39 is 0 Å². The molecular weight excluding hydrogens is 128 g/mol. The Labute approximate surface area is 56.9 Å². The molecule has 0 bridgehead atoms. The van der Waals surface area contributed by atoms with Gasteiger partial charge in [-0.15, -0.1) is 0 Å². The van der Waals surface area contributed by atoms with Gasteiger partial charge in [0.2, 0.25) is 0 Å². The van der Waals surface area contributed by atoms with Crippen LogP contribution in [0.3, 0.4) is 0 Å². The number of hydrogen-bond donors (Lipinski definition) is 1. The molecule has 2 rings (SSSR count). The zero-order valence-electron chi connectivity index (χ0n) is 5.24. The van der Waals surface area contributed by atoms with Crippen molar-refractivity contribution >= 4 is 5.52 Å². The number of H-pyrrole nitrogens is 1. The van der Waals surface area contributed by atoms with Crippen molar-refractivity contribution < 1.29 is 0 Å². The molecule has 3 heteroatoms. The Morgan fingerprint density at radius 2 is 2.30 bits per heavy atom. The molecule has 0 aliphatic rings. The van der Waals surface area contributed by atoms with Gasteiger partial charge in [0.1, 0.15) is 0 Å². The van der Waals surface area contributed by atoms with E-state index in [9.17, 15) is 4.79 Å². The summed E-state index contributed by atoms with van der Waals surface area (Å²) in [6.07, 6.45) is 3.49. The van der Waals surface area contributed by atoms with Crippen molar-refractivity contribution in [3.05, 3.63) is 40.8 Å². The lowest BCUT2D eigenvalue weighted by atomic mass is 10.4. The smallest absolute Gasteiger partial charge is 0.182 e. The third-order valence-corrected chi connectivity index (χ3v) is 1.42. The highest BCUT2D eigenvalue weighted by Crippen LogP contribution is 1.94. The predicted molar refractivity (Wildman–Crippen MR) is 38.0 cm³/mol. The van der Waals surface area contributed by atoms with E-state index in [4.69, 9.17) is 0 Å². The van der Waals surface area contributed by atoms with Gasteiger partial charge in [0.25, 0.3) is 0 Å². The molecule has 1 N–H and O–H groups in total. The van der Waals surface area contributed by atoms with Crippen molar-refractivity contribution in [1.82, 2.24) is 9.61 Å². The van der Waals surface area contributed by atoms with Gasteiger partial charge in [-0.1, -0.05) is 0 Å². The molecule has 0 saturated carbocycles. The molecule has 0 saturated heterocycles. The third-order valence-electron chi connectivity index (χ3n) is 1.42. The minimum absolute atomic E-state index is 0.0413. The molecule has 3 nitrogen and oxygen atoms in total. The number of aromatic nitrogens is 2. The van der Waals surface area contributed by atoms with E-state index in [1.54, 1.807) is 23.0 Å². The van der Waals surface area contributed by atoms with Gasteiger partial charge in [-0.05, 0) is 6.07 Å². The fourth-order valence-electron chi connectivity index (χ4n) is 0.946. The summed E-state index contributed by atoms with van der Waals surface area (Å²) in [5, 5.41) is 2.92. The Balaban J connectivity index is 2.99. The second kappa shape index (κ2) is 1.73. The van der Waals surface area contributed by atoms with E-state index >= 15 is 0 Å². The van der Waals surface area contributed by atoms with Crippen LogP contribution < -0.4 is 5.43 Å². The van der Waals surface area contributed by atoms with Gasteiger partial charge in [0.05, 0.1) is 5.52 Å². The minimum atomic E-state index is 0.0413. The van der Waals surface area contributed by atoms with Crippen molar-refractivity contribution in [2.24, 2.45) is 0 Å². The summed E-state index contributed by atoms with van der Waals surface area (Å²) >= 11 is 0. The monoisotopic (exact) mass is 134 g/mol. The lowest BCUT2D eigenvalue weighted by molar-refractivity contribution is 0.958. The van der Waals surface area contributed by atoms with Gasteiger partial charge < -0.3 is 5.10 Å². The van der Waals surface area contributed by atoms with Gasteiger partial charge in [-0.2, -0.15) is 0 Å². The summed E-state index contributed by atoms with van der Waals surface area (Å²) in [4.78, 5) is 10.8. The molecule has 2 aromatic heterocycles. The Morgan fingerprint density at radius 3 is 3.20 bits per heavy atom. The quantitative estimate of drug-likeness (QED) is 0.563. The van der Waals surface area contributed by atoms with E-state index in [0.29, 0.717) is 0 Å². The molecule has 0 atom stereocenters. The Kier molecular flexibility index (Phi) is 0.917. The average Bonchev–Trinajstić information content (AvgIpc) is 2.33. The summed E-state index contributed by atoms with van der Waals surface area (Å²) < 4.78 is 1.78. The van der Waals surface area contributed by atoms with Crippen molar-refractivity contribution in [3.63, 3.8) is 0 Å². The van der Waals surface area contributed by atoms with Gasteiger partial charge in [-0.3, -0.25) is 9.31 Å². The minimum Gasteiger partial charge on any atom is -0.302 e. The topological polar surface area (TPSA) is 37.3 Å². The molecule has 0 unspecified atom stereocenters. The second-order valence-electron chi connectivity index (χ2n) is 2.12. The lowest BCUT2D eigenvalue weighted by Crippen LogP contribution is -1.98. The highest BCUT2D eigenvalue weighted by molar-refractivity contribution is 5.44. The Morgan fingerprint density at radius 1 is 1.40 bits per heavy atom. The first-order chi connectivity index (χ1) is 4.86. The fraction of sp³-hybridized carbons (Fsp3) is 0. The van der Waals surface area contributed by atoms with Crippen molar-refractivity contribution in [1.29, 1.82) is 0 Å². The highest BCUT2D eigenvalue weighted by Gasteiger charge is 1.89. The van der Waals surface area contributed by atoms with E-state index in [1.165, 1.54) is 6.07 Å². The van der Waals surface area contributed by atoms with E-state index in [1.807, 2.05) is 6.07 Å². The standard InChI is InChI=1S/C7H6N2O/c10-7-2-4-9-6(5-7)1-3-8-9/h1-5,8H. The van der Waals surface area contributed by atoms with Crippen molar-refractivity contribution in [2.45, 2.75) is 0 Å². The molecule has 0 fully saturated rings. The molecule has 0 radical (unpaired) electrons. The molecule has 0 aliphatic heterocycles. The number of aromatic amines is 1. The summed E-state index contributed by atoms with van der Waals surface area (Å²) in [5.41, 5.74) is 0.937. The fourth-order valence-corrected chi connectivity index (χ4v) is 0.946. The lowest BCUT2D eigenvalue weighted by Gasteiger charge is -1.88. The van der Waals surface area contributed by atoms with Crippen LogP contribution in [0.15, 0.2) is 35.4 Å². The van der Waals surface area contributed by atoms with Crippen LogP contribution in [0.2, 0.25) is 0 Å². The molecule has 0 amide bonds. The molecule has 10 heavy (non-hydrogen) atoms. The van der Waals surface area contributed by atoms with Crippen LogP contribution in [-0.2, 0) is 0 Å². The molecule has 0 spiro atoms. The highest BCUT2D eigenvalue weighted by atomic mass is 16.1. The maximum Gasteiger partial charge on any atom is 0.182 e. The van der Waals surface area contributed by atoms with Crippen molar-refractivity contribution in [2.75, 3.05) is 0 Å². The van der Waals surface area contributed by atoms with Crippen LogP contribution in [0.25, 0.3) is 5.52 Å². The number of nitrogens with zero attached hydrogens (tertiary/aromatic N) is 1. The predicted octanol–water partition coefficient (Wildman–Crippen LogP) is 0.628. The molecule has 2 aromatic rings. The largest absolute Gasteiger partial charge is 0.302 e. The van der Waals surface area contributed by atoms with Gasteiger partial charge in [0, 0.05) is 24.5 Å². The first kappa shape index (κ1) is 5.29. The molecule has 0 aromatic carbocycles. The maximum absolute atomic E-state index is 10.8. The number of fused-ring (bicyclic) bond motifs is 1. The Hall–Kier alpha value is -1.51. The van der Waals surface area contributed by atoms with E-state index in [2.05, 4.69) is 5.10 Å². The summed E-state index contributed by atoms with van der Waals surface area (Å²) in [6, 6.07) is 4.95. The van der Waals surface area contributed by atoms with Gasteiger partial charge in [-0.25, -0.2) is 0 Å². The summed E-state index contributed by atoms with van der Waals surface area (Å²) in [5.74, 6) is 0. The van der Waals surface area contributed by atoms with Crippen LogP contribution in [-0.4, -0.2) is 9.61 Å². The molecule has 50 valence electrons. The Bertz CT molecular complexity index is 399. The number of pyridine rings is 1. The number of hydrogen-bond acceptors (Lipinski definition) is 1. The van der Waals surface area contributed by atoms with E-state index in [-0.39, 0.29) is 5.43 Å².